The Kier molecular flexibility index (Phi) is 4.02. The van der Waals surface area contributed by atoms with E-state index in [0.29, 0.717) is 6.54 Å². The van der Waals surface area contributed by atoms with E-state index in [9.17, 15) is 4.79 Å². The molecule has 0 spiro atoms. The number of benzene rings is 2. The number of hydrogen-bond acceptors (Lipinski definition) is 4. The molecule has 0 unspecified atom stereocenters. The zero-order chi connectivity index (χ0) is 18.2. The molecule has 0 amide bonds. The molecular weight excluding hydrogens is 356 g/mol. The van der Waals surface area contributed by atoms with Crippen LogP contribution in [0, 0.1) is 0 Å². The van der Waals surface area contributed by atoms with Crippen molar-refractivity contribution in [2.75, 3.05) is 0 Å². The number of aryl methyl sites for hydroxylation is 2. The van der Waals surface area contributed by atoms with Gasteiger partial charge in [0.2, 0.25) is 0 Å². The Labute approximate surface area is 160 Å². The first kappa shape index (κ1) is 16.3. The molecule has 4 nitrogen and oxygen atoms in total. The zero-order valence-corrected chi connectivity index (χ0v) is 15.5. The summed E-state index contributed by atoms with van der Waals surface area (Å²) in [4.78, 5) is 19.9. The molecular formula is C22H18N2O2S. The number of ether oxygens (including phenoxy) is 1. The normalized spacial score (nSPS) is 13.0. The fraction of sp³-hybridized carbons (Fsp3) is 0.182. The standard InChI is InChI=1S/C22H18N2O2S/c25-22-20-17-10-6-12-19(17)27-21(20)23-14-24(22)13-15-7-4-5-11-18(15)26-16-8-2-1-3-9-16/h1-5,7-9,11,14H,6,10,12-13H2. The van der Waals surface area contributed by atoms with Crippen molar-refractivity contribution in [2.45, 2.75) is 25.8 Å². The van der Waals surface area contributed by atoms with Gasteiger partial charge in [-0.05, 0) is 43.0 Å². The Morgan fingerprint density at radius 2 is 1.85 bits per heavy atom. The lowest BCUT2D eigenvalue weighted by atomic mass is 10.2. The van der Waals surface area contributed by atoms with Crippen LogP contribution in [-0.2, 0) is 19.4 Å². The quantitative estimate of drug-likeness (QED) is 0.516. The number of fused-ring (bicyclic) bond motifs is 3. The van der Waals surface area contributed by atoms with Crippen LogP contribution in [0.2, 0.25) is 0 Å². The fourth-order valence-electron chi connectivity index (χ4n) is 3.67. The van der Waals surface area contributed by atoms with Crippen LogP contribution < -0.4 is 10.3 Å². The first-order valence-electron chi connectivity index (χ1n) is 9.10. The Morgan fingerprint density at radius 3 is 2.74 bits per heavy atom. The number of nitrogens with zero attached hydrogens (tertiary/aromatic N) is 2. The second kappa shape index (κ2) is 6.67. The largest absolute Gasteiger partial charge is 0.457 e. The van der Waals surface area contributed by atoms with Crippen molar-refractivity contribution < 1.29 is 4.74 Å². The molecule has 4 aromatic rings. The molecule has 2 aromatic carbocycles. The predicted molar refractivity (Wildman–Crippen MR) is 108 cm³/mol. The van der Waals surface area contributed by atoms with E-state index < -0.39 is 0 Å². The highest BCUT2D eigenvalue weighted by molar-refractivity contribution is 7.18. The van der Waals surface area contributed by atoms with E-state index >= 15 is 0 Å². The van der Waals surface area contributed by atoms with E-state index in [1.807, 2.05) is 54.6 Å². The smallest absolute Gasteiger partial charge is 0.262 e. The minimum atomic E-state index is 0.0499. The Balaban J connectivity index is 1.53. The van der Waals surface area contributed by atoms with Crippen LogP contribution in [0.1, 0.15) is 22.4 Å². The molecule has 134 valence electrons. The summed E-state index contributed by atoms with van der Waals surface area (Å²) in [5.41, 5.74) is 2.22. The average molecular weight is 374 g/mol. The van der Waals surface area contributed by atoms with Crippen molar-refractivity contribution in [1.29, 1.82) is 0 Å². The predicted octanol–water partition coefficient (Wildman–Crippen LogP) is 4.79. The monoisotopic (exact) mass is 374 g/mol. The van der Waals surface area contributed by atoms with Crippen LogP contribution in [0.5, 0.6) is 11.5 Å². The fourth-order valence-corrected chi connectivity index (χ4v) is 4.88. The van der Waals surface area contributed by atoms with E-state index in [1.165, 1.54) is 10.4 Å². The SMILES string of the molecule is O=c1c2c3c(sc2ncn1Cc1ccccc1Oc1ccccc1)CCC3. The molecule has 5 heteroatoms. The highest BCUT2D eigenvalue weighted by Gasteiger charge is 2.21. The molecule has 0 saturated carbocycles. The van der Waals surface area contributed by atoms with Gasteiger partial charge in [0.15, 0.2) is 0 Å². The zero-order valence-electron chi connectivity index (χ0n) is 14.7. The van der Waals surface area contributed by atoms with Gasteiger partial charge in [0.1, 0.15) is 16.3 Å². The summed E-state index contributed by atoms with van der Waals surface area (Å²) in [6.07, 6.45) is 4.86. The van der Waals surface area contributed by atoms with Gasteiger partial charge >= 0.3 is 0 Å². The molecule has 0 aliphatic heterocycles. The van der Waals surface area contributed by atoms with Crippen molar-refractivity contribution in [3.63, 3.8) is 0 Å². The van der Waals surface area contributed by atoms with E-state index in [0.717, 1.165) is 46.5 Å². The first-order valence-corrected chi connectivity index (χ1v) is 9.92. The Bertz CT molecular complexity index is 1180. The average Bonchev–Trinajstić information content (AvgIpc) is 3.27. The molecule has 2 aromatic heterocycles. The van der Waals surface area contributed by atoms with Gasteiger partial charge in [0, 0.05) is 10.4 Å². The molecule has 1 aliphatic carbocycles. The second-order valence-electron chi connectivity index (χ2n) is 6.74. The summed E-state index contributed by atoms with van der Waals surface area (Å²) in [5.74, 6) is 1.53. The van der Waals surface area contributed by atoms with Gasteiger partial charge in [-0.1, -0.05) is 36.4 Å². The van der Waals surface area contributed by atoms with Gasteiger partial charge in [-0.25, -0.2) is 4.98 Å². The molecule has 0 bridgehead atoms. The molecule has 0 saturated heterocycles. The topological polar surface area (TPSA) is 44.1 Å². The van der Waals surface area contributed by atoms with Crippen LogP contribution in [0.4, 0.5) is 0 Å². The third-order valence-electron chi connectivity index (χ3n) is 4.98. The lowest BCUT2D eigenvalue weighted by Gasteiger charge is -2.12. The number of para-hydroxylation sites is 2. The summed E-state index contributed by atoms with van der Waals surface area (Å²) in [7, 11) is 0. The molecule has 2 heterocycles. The van der Waals surface area contributed by atoms with E-state index in [4.69, 9.17) is 4.74 Å². The van der Waals surface area contributed by atoms with Crippen LogP contribution in [0.15, 0.2) is 65.7 Å². The third-order valence-corrected chi connectivity index (χ3v) is 6.18. The maximum Gasteiger partial charge on any atom is 0.262 e. The van der Waals surface area contributed by atoms with E-state index in [2.05, 4.69) is 4.98 Å². The van der Waals surface area contributed by atoms with Crippen molar-refractivity contribution in [1.82, 2.24) is 9.55 Å². The van der Waals surface area contributed by atoms with Gasteiger partial charge in [-0.15, -0.1) is 11.3 Å². The first-order chi connectivity index (χ1) is 13.3. The molecule has 0 radical (unpaired) electrons. The van der Waals surface area contributed by atoms with Crippen LogP contribution in [-0.4, -0.2) is 9.55 Å². The maximum atomic E-state index is 13.1. The van der Waals surface area contributed by atoms with Crippen molar-refractivity contribution >= 4 is 21.6 Å². The summed E-state index contributed by atoms with van der Waals surface area (Å²) in [6, 6.07) is 17.5. The highest BCUT2D eigenvalue weighted by Crippen LogP contribution is 2.34. The lowest BCUT2D eigenvalue weighted by molar-refractivity contribution is 0.473. The number of hydrogen-bond donors (Lipinski definition) is 0. The molecule has 0 atom stereocenters. The van der Waals surface area contributed by atoms with Crippen molar-refractivity contribution in [3.8, 4) is 11.5 Å². The van der Waals surface area contributed by atoms with Gasteiger partial charge in [-0.3, -0.25) is 9.36 Å². The van der Waals surface area contributed by atoms with Crippen molar-refractivity contribution in [2.24, 2.45) is 0 Å². The van der Waals surface area contributed by atoms with Crippen LogP contribution >= 0.6 is 11.3 Å². The molecule has 0 N–H and O–H groups in total. The molecule has 5 rings (SSSR count). The van der Waals surface area contributed by atoms with Gasteiger partial charge in [-0.2, -0.15) is 0 Å². The van der Waals surface area contributed by atoms with Crippen LogP contribution in [0.25, 0.3) is 10.2 Å². The second-order valence-corrected chi connectivity index (χ2v) is 7.82. The number of aromatic nitrogens is 2. The lowest BCUT2D eigenvalue weighted by Crippen LogP contribution is -2.21. The minimum Gasteiger partial charge on any atom is -0.457 e. The van der Waals surface area contributed by atoms with Gasteiger partial charge in [0.05, 0.1) is 18.3 Å². The van der Waals surface area contributed by atoms with Crippen LogP contribution in [0.3, 0.4) is 0 Å². The number of rotatable bonds is 4. The molecule has 1 aliphatic rings. The Hall–Kier alpha value is -2.92. The summed E-state index contributed by atoms with van der Waals surface area (Å²) in [6.45, 7) is 0.440. The number of thiophene rings is 1. The third kappa shape index (κ3) is 2.94. The highest BCUT2D eigenvalue weighted by atomic mass is 32.1. The van der Waals surface area contributed by atoms with Gasteiger partial charge < -0.3 is 4.74 Å². The molecule has 0 fully saturated rings. The van der Waals surface area contributed by atoms with E-state index in [-0.39, 0.29) is 5.56 Å². The van der Waals surface area contributed by atoms with Gasteiger partial charge in [0.25, 0.3) is 5.56 Å². The summed E-state index contributed by atoms with van der Waals surface area (Å²) in [5, 5.41) is 0.816. The summed E-state index contributed by atoms with van der Waals surface area (Å²) >= 11 is 1.67. The summed E-state index contributed by atoms with van der Waals surface area (Å²) < 4.78 is 7.73. The maximum absolute atomic E-state index is 13.1. The van der Waals surface area contributed by atoms with Crippen molar-refractivity contribution in [3.05, 3.63) is 87.3 Å². The van der Waals surface area contributed by atoms with E-state index in [1.54, 1.807) is 22.2 Å². The molecule has 27 heavy (non-hydrogen) atoms. The Morgan fingerprint density at radius 1 is 1.04 bits per heavy atom. The minimum absolute atomic E-state index is 0.0499.